The molecule has 34 heavy (non-hydrogen) atoms. The highest BCUT2D eigenvalue weighted by Gasteiger charge is 2.53. The van der Waals surface area contributed by atoms with Gasteiger partial charge in [-0.2, -0.15) is 0 Å². The van der Waals surface area contributed by atoms with Crippen molar-refractivity contribution in [2.45, 2.75) is 78.3 Å². The first-order chi connectivity index (χ1) is 16.3. The summed E-state index contributed by atoms with van der Waals surface area (Å²) in [5, 5.41) is 9.66. The number of hydrogen-bond donors (Lipinski definition) is 3. The Morgan fingerprint density at radius 3 is 2.41 bits per heavy atom. The van der Waals surface area contributed by atoms with Crippen LogP contribution in [0.2, 0.25) is 0 Å². The van der Waals surface area contributed by atoms with Crippen LogP contribution in [0.15, 0.2) is 29.5 Å². The summed E-state index contributed by atoms with van der Waals surface area (Å²) in [6.07, 6.45) is 8.21. The van der Waals surface area contributed by atoms with Crippen LogP contribution in [-0.2, 0) is 9.53 Å². The summed E-state index contributed by atoms with van der Waals surface area (Å²) in [7, 11) is 0. The number of hydrogen-bond acceptors (Lipinski definition) is 4. The lowest BCUT2D eigenvalue weighted by Gasteiger charge is -2.59. The maximum absolute atomic E-state index is 13.2. The first-order valence-electron chi connectivity index (χ1n) is 13.1. The number of benzene rings is 1. The lowest BCUT2D eigenvalue weighted by atomic mass is 9.48. The van der Waals surface area contributed by atoms with Gasteiger partial charge in [0.25, 0.3) is 0 Å². The number of carbonyl (C=O) groups excluding carboxylic acids is 2. The molecule has 6 heteroatoms. The minimum atomic E-state index is -0.528. The number of nitrogens with one attached hydrogen (secondary N) is 3. The van der Waals surface area contributed by atoms with Crippen LogP contribution in [0.1, 0.15) is 75.1 Å². The van der Waals surface area contributed by atoms with Gasteiger partial charge in [-0.15, -0.1) is 0 Å². The fourth-order valence-electron chi connectivity index (χ4n) is 7.69. The second-order valence-corrected chi connectivity index (χ2v) is 11.4. The van der Waals surface area contributed by atoms with Crippen LogP contribution >= 0.6 is 0 Å². The average Bonchev–Trinajstić information content (AvgIpc) is 2.77. The Hall–Kier alpha value is -2.34. The van der Waals surface area contributed by atoms with Crippen LogP contribution in [-0.4, -0.2) is 31.2 Å². The zero-order valence-corrected chi connectivity index (χ0v) is 21.0. The lowest BCUT2D eigenvalue weighted by molar-refractivity contribution is -0.139. The molecule has 0 saturated heterocycles. The van der Waals surface area contributed by atoms with E-state index in [-0.39, 0.29) is 12.0 Å². The summed E-state index contributed by atoms with van der Waals surface area (Å²) < 4.78 is 5.46. The summed E-state index contributed by atoms with van der Waals surface area (Å²) in [5.41, 5.74) is 4.54. The molecule has 2 amide bonds. The van der Waals surface area contributed by atoms with E-state index < -0.39 is 6.04 Å². The van der Waals surface area contributed by atoms with Gasteiger partial charge in [-0.05, 0) is 101 Å². The highest BCUT2D eigenvalue weighted by molar-refractivity contribution is 5.95. The first-order valence-corrected chi connectivity index (χ1v) is 13.1. The van der Waals surface area contributed by atoms with Gasteiger partial charge in [-0.25, -0.2) is 9.59 Å². The summed E-state index contributed by atoms with van der Waals surface area (Å²) in [6, 6.07) is 5.66. The summed E-state index contributed by atoms with van der Waals surface area (Å²) in [5.74, 6) is 2.28. The summed E-state index contributed by atoms with van der Waals surface area (Å²) in [4.78, 5) is 25.9. The number of rotatable bonds is 7. The van der Waals surface area contributed by atoms with E-state index in [1.54, 1.807) is 0 Å². The van der Waals surface area contributed by atoms with Crippen molar-refractivity contribution in [1.82, 2.24) is 16.0 Å². The molecule has 4 aliphatic carbocycles. The van der Waals surface area contributed by atoms with E-state index in [1.165, 1.54) is 38.5 Å². The fourth-order valence-corrected chi connectivity index (χ4v) is 7.69. The van der Waals surface area contributed by atoms with Crippen LogP contribution in [0.3, 0.4) is 0 Å². The molecule has 3 N–H and O–H groups in total. The van der Waals surface area contributed by atoms with Gasteiger partial charge in [0.05, 0.1) is 18.2 Å². The highest BCUT2D eigenvalue weighted by atomic mass is 16.5. The summed E-state index contributed by atoms with van der Waals surface area (Å²) in [6.45, 7) is 8.90. The molecule has 1 aliphatic heterocycles. The number of carbonyl (C=O) groups is 2. The molecule has 1 heterocycles. The third-order valence-corrected chi connectivity index (χ3v) is 8.98. The zero-order chi connectivity index (χ0) is 24.0. The monoisotopic (exact) mass is 465 g/mol. The molecule has 4 bridgehead atoms. The Kier molecular flexibility index (Phi) is 6.21. The minimum absolute atomic E-state index is 0.279. The van der Waals surface area contributed by atoms with Crippen LogP contribution in [0.25, 0.3) is 0 Å². The highest BCUT2D eigenvalue weighted by Crippen LogP contribution is 2.61. The maximum atomic E-state index is 13.2. The molecule has 2 atom stereocenters. The molecule has 0 radical (unpaired) electrons. The molecule has 1 aromatic rings. The molecule has 0 unspecified atom stereocenters. The van der Waals surface area contributed by atoms with Gasteiger partial charge in [0, 0.05) is 18.3 Å². The number of urea groups is 1. The summed E-state index contributed by atoms with van der Waals surface area (Å²) >= 11 is 0. The van der Waals surface area contributed by atoms with Crippen LogP contribution in [0, 0.1) is 37.0 Å². The van der Waals surface area contributed by atoms with E-state index in [0.717, 1.165) is 34.4 Å². The van der Waals surface area contributed by atoms with Crippen molar-refractivity contribution in [3.8, 4) is 0 Å². The first kappa shape index (κ1) is 23.4. The number of esters is 1. The Balaban J connectivity index is 1.43. The Labute approximate surface area is 203 Å². The van der Waals surface area contributed by atoms with Gasteiger partial charge in [-0.1, -0.05) is 23.8 Å². The molecular formula is C28H39N3O3. The Morgan fingerprint density at radius 1 is 1.15 bits per heavy atom. The predicted molar refractivity (Wildman–Crippen MR) is 132 cm³/mol. The molecular weight excluding hydrogens is 426 g/mol. The van der Waals surface area contributed by atoms with Gasteiger partial charge in [0.2, 0.25) is 0 Å². The van der Waals surface area contributed by atoms with Gasteiger partial charge in [-0.3, -0.25) is 0 Å². The molecule has 0 aromatic heterocycles. The lowest BCUT2D eigenvalue weighted by Crippen LogP contribution is -2.56. The molecule has 6 nitrogen and oxygen atoms in total. The van der Waals surface area contributed by atoms with Crippen molar-refractivity contribution >= 4 is 12.0 Å². The average molecular weight is 466 g/mol. The van der Waals surface area contributed by atoms with Gasteiger partial charge < -0.3 is 20.7 Å². The second-order valence-electron chi connectivity index (χ2n) is 11.4. The molecule has 6 rings (SSSR count). The van der Waals surface area contributed by atoms with E-state index in [4.69, 9.17) is 4.74 Å². The Bertz CT molecular complexity index is 979. The number of amides is 2. The maximum Gasteiger partial charge on any atom is 0.338 e. The molecule has 184 valence electrons. The molecule has 4 saturated carbocycles. The van der Waals surface area contributed by atoms with Gasteiger partial charge in [0.1, 0.15) is 0 Å². The molecule has 1 aromatic carbocycles. The third-order valence-electron chi connectivity index (χ3n) is 8.98. The van der Waals surface area contributed by atoms with Crippen LogP contribution in [0.5, 0.6) is 0 Å². The van der Waals surface area contributed by atoms with Gasteiger partial charge >= 0.3 is 12.0 Å². The quantitative estimate of drug-likeness (QED) is 0.512. The zero-order valence-electron chi connectivity index (χ0n) is 21.0. The van der Waals surface area contributed by atoms with E-state index >= 15 is 0 Å². The van der Waals surface area contributed by atoms with E-state index in [1.807, 2.05) is 39.0 Å². The number of aryl methyl sites for hydroxylation is 2. The third kappa shape index (κ3) is 4.26. The van der Waals surface area contributed by atoms with Gasteiger partial charge in [0.15, 0.2) is 0 Å². The van der Waals surface area contributed by atoms with Crippen molar-refractivity contribution in [2.24, 2.45) is 23.2 Å². The van der Waals surface area contributed by atoms with Crippen molar-refractivity contribution in [2.75, 3.05) is 13.2 Å². The Morgan fingerprint density at radius 2 is 1.79 bits per heavy atom. The van der Waals surface area contributed by atoms with Crippen molar-refractivity contribution in [3.05, 3.63) is 46.2 Å². The molecule has 4 fully saturated rings. The molecule has 5 aliphatic rings. The van der Waals surface area contributed by atoms with E-state index in [0.29, 0.717) is 35.9 Å². The van der Waals surface area contributed by atoms with E-state index in [2.05, 4.69) is 22.9 Å². The normalized spacial score (nSPS) is 32.9. The van der Waals surface area contributed by atoms with Crippen molar-refractivity contribution in [1.29, 1.82) is 0 Å². The largest absolute Gasteiger partial charge is 0.463 e. The fraction of sp³-hybridized carbons (Fsp3) is 0.643. The van der Waals surface area contributed by atoms with Crippen LogP contribution in [0.4, 0.5) is 4.79 Å². The second kappa shape index (κ2) is 9.03. The SMILES string of the molecule is CCOC(=O)C1=C(CN[C@H](C)C23CC4CC(CC(C4)C2)C3)NC(=O)N[C@H]1c1cc(C)ccc1C. The number of ether oxygens (including phenoxy) is 1. The topological polar surface area (TPSA) is 79.5 Å². The van der Waals surface area contributed by atoms with Crippen molar-refractivity contribution in [3.63, 3.8) is 0 Å². The standard InChI is InChI=1S/C28H39N3O3/c1-5-34-26(32)24-23(30-27(33)31-25(24)22-8-16(2)6-7-17(22)3)15-29-18(4)28-12-19-9-20(13-28)11-21(10-19)14-28/h6-8,18-21,25,29H,5,9-15H2,1-4H3,(H2,30,31,33)/t18-,19?,20?,21?,25+,28?/m1/s1. The predicted octanol–water partition coefficient (Wildman–Crippen LogP) is 4.67. The van der Waals surface area contributed by atoms with Crippen LogP contribution < -0.4 is 16.0 Å². The molecule has 0 spiro atoms. The minimum Gasteiger partial charge on any atom is -0.463 e. The van der Waals surface area contributed by atoms with E-state index in [9.17, 15) is 9.59 Å². The smallest absolute Gasteiger partial charge is 0.338 e. The van der Waals surface area contributed by atoms with Crippen molar-refractivity contribution < 1.29 is 14.3 Å².